The Labute approximate surface area is 99.2 Å². The highest BCUT2D eigenvalue weighted by molar-refractivity contribution is 6.54. The largest absolute Gasteiger partial charge is 0.370 e. The SMILES string of the molecule is CC(N)=O.CC(N)=O.CC(N)=O.C[SiH](C)C. The monoisotopic (exact) mass is 251 g/mol. The molecule has 0 aromatic rings. The lowest BCUT2D eigenvalue weighted by molar-refractivity contribution is -0.116. The zero-order chi connectivity index (χ0) is 14.3. The summed E-state index contributed by atoms with van der Waals surface area (Å²) >= 11 is 0. The number of amides is 3. The molecule has 0 spiro atoms. The van der Waals surface area contributed by atoms with Gasteiger partial charge in [0.25, 0.3) is 0 Å². The molecular weight excluding hydrogens is 226 g/mol. The smallest absolute Gasteiger partial charge is 0.214 e. The number of carbonyl (C=O) groups excluding carboxylic acids is 3. The lowest BCUT2D eigenvalue weighted by Crippen LogP contribution is -2.01. The van der Waals surface area contributed by atoms with Crippen LogP contribution >= 0.6 is 0 Å². The highest BCUT2D eigenvalue weighted by atomic mass is 28.3. The van der Waals surface area contributed by atoms with E-state index >= 15 is 0 Å². The molecule has 0 unspecified atom stereocenters. The highest BCUT2D eigenvalue weighted by Gasteiger charge is 1.71. The van der Waals surface area contributed by atoms with Crippen LogP contribution in [0.5, 0.6) is 0 Å². The lowest BCUT2D eigenvalue weighted by Gasteiger charge is -1.75. The highest BCUT2D eigenvalue weighted by Crippen LogP contribution is 1.68. The maximum Gasteiger partial charge on any atom is 0.214 e. The van der Waals surface area contributed by atoms with E-state index in [1.807, 2.05) is 0 Å². The predicted octanol–water partition coefficient (Wildman–Crippen LogP) is -0.422. The maximum absolute atomic E-state index is 9.22. The minimum absolute atomic E-state index is 0.139. The van der Waals surface area contributed by atoms with Crippen molar-refractivity contribution < 1.29 is 14.4 Å². The number of nitrogens with two attached hydrogens (primary N) is 3. The van der Waals surface area contributed by atoms with Gasteiger partial charge in [-0.2, -0.15) is 0 Å². The third-order valence-corrected chi connectivity index (χ3v) is 0. The van der Waals surface area contributed by atoms with E-state index in [1.54, 1.807) is 0 Å². The zero-order valence-corrected chi connectivity index (χ0v) is 12.2. The van der Waals surface area contributed by atoms with Crippen molar-refractivity contribution in [3.05, 3.63) is 0 Å². The average molecular weight is 251 g/mol. The fraction of sp³-hybridized carbons (Fsp3) is 0.667. The van der Waals surface area contributed by atoms with Crippen LogP contribution in [0.2, 0.25) is 19.6 Å². The summed E-state index contributed by atoms with van der Waals surface area (Å²) in [5.74, 6) is -1.000. The Morgan fingerprint density at radius 3 is 0.688 bits per heavy atom. The van der Waals surface area contributed by atoms with Crippen LogP contribution < -0.4 is 17.2 Å². The molecule has 0 rings (SSSR count). The summed E-state index contributed by atoms with van der Waals surface area (Å²) in [4.78, 5) is 27.7. The summed E-state index contributed by atoms with van der Waals surface area (Å²) in [6.45, 7) is 10.8. The van der Waals surface area contributed by atoms with Gasteiger partial charge in [-0.05, 0) is 0 Å². The lowest BCUT2D eigenvalue weighted by atomic mass is 10.8. The second-order valence-corrected chi connectivity index (χ2v) is 7.03. The molecule has 98 valence electrons. The normalized spacial score (nSPS) is 6.94. The van der Waals surface area contributed by atoms with Gasteiger partial charge < -0.3 is 17.2 Å². The molecule has 7 heteroatoms. The summed E-state index contributed by atoms with van der Waals surface area (Å²) in [6, 6.07) is 0. The van der Waals surface area contributed by atoms with Crippen LogP contribution in [-0.2, 0) is 14.4 Å². The molecule has 0 aliphatic rings. The van der Waals surface area contributed by atoms with Crippen molar-refractivity contribution in [1.82, 2.24) is 0 Å². The van der Waals surface area contributed by atoms with E-state index in [0.29, 0.717) is 0 Å². The Morgan fingerprint density at radius 1 is 0.688 bits per heavy atom. The molecule has 0 heterocycles. The van der Waals surface area contributed by atoms with Gasteiger partial charge in [-0.25, -0.2) is 0 Å². The Kier molecular flexibility index (Phi) is 28.9. The Bertz CT molecular complexity index is 153. The molecule has 6 nitrogen and oxygen atoms in total. The van der Waals surface area contributed by atoms with E-state index in [9.17, 15) is 14.4 Å². The molecule has 0 aromatic carbocycles. The van der Waals surface area contributed by atoms with Crippen molar-refractivity contribution in [3.8, 4) is 0 Å². The van der Waals surface area contributed by atoms with E-state index in [0.717, 1.165) is 0 Å². The van der Waals surface area contributed by atoms with Crippen LogP contribution in [0.3, 0.4) is 0 Å². The average Bonchev–Trinajstić information content (AvgIpc) is 1.76. The first-order chi connectivity index (χ1) is 6.93. The van der Waals surface area contributed by atoms with Crippen LogP contribution in [0.4, 0.5) is 0 Å². The van der Waals surface area contributed by atoms with Crippen LogP contribution in [-0.4, -0.2) is 26.5 Å². The molecule has 0 fully saturated rings. The fourth-order valence-corrected chi connectivity index (χ4v) is 0. The van der Waals surface area contributed by atoms with E-state index in [1.165, 1.54) is 20.8 Å². The molecule has 0 aliphatic carbocycles. The summed E-state index contributed by atoms with van der Waals surface area (Å²) in [6.07, 6.45) is 0. The van der Waals surface area contributed by atoms with Crippen LogP contribution in [0.25, 0.3) is 0 Å². The van der Waals surface area contributed by atoms with Gasteiger partial charge in [0.15, 0.2) is 0 Å². The molecule has 3 amide bonds. The minimum Gasteiger partial charge on any atom is -0.370 e. The zero-order valence-electron chi connectivity index (χ0n) is 11.0. The van der Waals surface area contributed by atoms with Gasteiger partial charge in [0.05, 0.1) is 0 Å². The molecule has 0 saturated carbocycles. The molecule has 0 aromatic heterocycles. The summed E-state index contributed by atoms with van der Waals surface area (Å²) < 4.78 is 0. The molecule has 16 heavy (non-hydrogen) atoms. The van der Waals surface area contributed by atoms with Gasteiger partial charge in [-0.15, -0.1) is 0 Å². The van der Waals surface area contributed by atoms with E-state index in [4.69, 9.17) is 0 Å². The minimum atomic E-state index is -0.333. The number of rotatable bonds is 0. The van der Waals surface area contributed by atoms with Gasteiger partial charge in [0.1, 0.15) is 0 Å². The summed E-state index contributed by atoms with van der Waals surface area (Å²) in [7, 11) is -0.139. The van der Waals surface area contributed by atoms with Crippen LogP contribution in [0, 0.1) is 0 Å². The topological polar surface area (TPSA) is 129 Å². The standard InChI is InChI=1S/C3H10Si.3C2H5NO/c1-4(2)3;3*1-2(3)4/h4H,1-3H3;3*1H3,(H2,3,4). The first-order valence-corrected chi connectivity index (χ1v) is 8.17. The van der Waals surface area contributed by atoms with Crippen LogP contribution in [0.15, 0.2) is 0 Å². The third kappa shape index (κ3) is 905. The second kappa shape index (κ2) is 19.2. The van der Waals surface area contributed by atoms with Gasteiger partial charge in [-0.1, -0.05) is 19.6 Å². The maximum atomic E-state index is 9.22. The first kappa shape index (κ1) is 24.1. The van der Waals surface area contributed by atoms with Crippen molar-refractivity contribution in [2.45, 2.75) is 40.4 Å². The van der Waals surface area contributed by atoms with E-state index < -0.39 is 0 Å². The number of hydrogen-bond donors (Lipinski definition) is 3. The van der Waals surface area contributed by atoms with Crippen molar-refractivity contribution in [2.75, 3.05) is 0 Å². The molecule has 0 saturated heterocycles. The molecule has 0 radical (unpaired) electrons. The van der Waals surface area contributed by atoms with Crippen molar-refractivity contribution in [1.29, 1.82) is 0 Å². The van der Waals surface area contributed by atoms with Gasteiger partial charge in [-0.3, -0.25) is 14.4 Å². The Hall–Kier alpha value is -1.37. The Morgan fingerprint density at radius 2 is 0.688 bits per heavy atom. The molecular formula is C9H25N3O3Si. The first-order valence-electron chi connectivity index (χ1n) is 4.71. The van der Waals surface area contributed by atoms with Crippen molar-refractivity contribution in [3.63, 3.8) is 0 Å². The quantitative estimate of drug-likeness (QED) is 0.505. The van der Waals surface area contributed by atoms with Gasteiger partial charge >= 0.3 is 0 Å². The van der Waals surface area contributed by atoms with E-state index in [-0.39, 0.29) is 26.5 Å². The third-order valence-electron chi connectivity index (χ3n) is 0. The van der Waals surface area contributed by atoms with Gasteiger partial charge in [0, 0.05) is 29.6 Å². The van der Waals surface area contributed by atoms with Gasteiger partial charge in [0.2, 0.25) is 17.7 Å². The fourth-order valence-electron chi connectivity index (χ4n) is 0. The molecule has 0 bridgehead atoms. The number of primary amides is 3. The second-order valence-electron chi connectivity index (χ2n) is 3.56. The van der Waals surface area contributed by atoms with Crippen molar-refractivity contribution >= 4 is 26.5 Å². The molecule has 0 atom stereocenters. The summed E-state index contributed by atoms with van der Waals surface area (Å²) in [5.41, 5.74) is 13.4. The molecule has 6 N–H and O–H groups in total. The number of carbonyl (C=O) groups is 3. The number of hydrogen-bond acceptors (Lipinski definition) is 3. The van der Waals surface area contributed by atoms with E-state index in [2.05, 4.69) is 36.8 Å². The summed E-state index contributed by atoms with van der Waals surface area (Å²) in [5, 5.41) is 0. The Balaban J connectivity index is -0.0000000600. The van der Waals surface area contributed by atoms with Crippen LogP contribution in [0.1, 0.15) is 20.8 Å². The molecule has 0 aliphatic heterocycles. The van der Waals surface area contributed by atoms with Crippen molar-refractivity contribution in [2.24, 2.45) is 17.2 Å². The predicted molar refractivity (Wildman–Crippen MR) is 69.3 cm³/mol.